The van der Waals surface area contributed by atoms with Crippen LogP contribution in [0.2, 0.25) is 0 Å². The highest BCUT2D eigenvalue weighted by atomic mass is 32.2. The van der Waals surface area contributed by atoms with E-state index >= 15 is 0 Å². The van der Waals surface area contributed by atoms with Gasteiger partial charge in [-0.1, -0.05) is 71.1 Å². The first kappa shape index (κ1) is 16.0. The third-order valence-corrected chi connectivity index (χ3v) is 5.30. The van der Waals surface area contributed by atoms with E-state index < -0.39 is 0 Å². The smallest absolute Gasteiger partial charge is 0.206 e. The van der Waals surface area contributed by atoms with Crippen LogP contribution in [0.15, 0.2) is 52.9 Å². The molecule has 1 aromatic heterocycles. The van der Waals surface area contributed by atoms with Gasteiger partial charge in [0, 0.05) is 12.3 Å². The largest absolute Gasteiger partial charge is 0.356 e. The minimum Gasteiger partial charge on any atom is -0.356 e. The molecule has 0 saturated heterocycles. The molecule has 0 fully saturated rings. The normalized spacial score (nSPS) is 10.7. The van der Waals surface area contributed by atoms with E-state index in [1.807, 2.05) is 12.1 Å². The molecule has 0 aliphatic rings. The Kier molecular flexibility index (Phi) is 5.25. The molecule has 0 amide bonds. The predicted molar refractivity (Wildman–Crippen MR) is 94.4 cm³/mol. The van der Waals surface area contributed by atoms with E-state index in [2.05, 4.69) is 40.6 Å². The molecular weight excluding hydrogens is 329 g/mol. The molecule has 3 rings (SSSR count). The van der Waals surface area contributed by atoms with Crippen molar-refractivity contribution in [1.82, 2.24) is 10.2 Å². The summed E-state index contributed by atoms with van der Waals surface area (Å²) < 4.78 is 14.4. The molecule has 2 aromatic carbocycles. The second-order valence-electron chi connectivity index (χ2n) is 5.10. The zero-order chi connectivity index (χ0) is 16.1. The van der Waals surface area contributed by atoms with E-state index in [4.69, 9.17) is 0 Å². The summed E-state index contributed by atoms with van der Waals surface area (Å²) in [5.74, 6) is 0.376. The number of anilines is 1. The summed E-state index contributed by atoms with van der Waals surface area (Å²) in [4.78, 5) is 0. The van der Waals surface area contributed by atoms with Crippen LogP contribution in [0.3, 0.4) is 0 Å². The topological polar surface area (TPSA) is 37.8 Å². The number of nitrogens with zero attached hydrogens (tertiary/aromatic N) is 2. The summed E-state index contributed by atoms with van der Waals surface area (Å²) >= 11 is 2.99. The minimum absolute atomic E-state index is 0.178. The molecule has 0 aliphatic carbocycles. The zero-order valence-corrected chi connectivity index (χ0v) is 14.3. The molecule has 23 heavy (non-hydrogen) atoms. The fraction of sp³-hybridized carbons (Fsp3) is 0.176. The Morgan fingerprint density at radius 3 is 2.83 bits per heavy atom. The molecule has 0 atom stereocenters. The summed E-state index contributed by atoms with van der Waals surface area (Å²) in [5.41, 5.74) is 3.13. The Bertz CT molecular complexity index is 789. The second-order valence-corrected chi connectivity index (χ2v) is 7.30. The SMILES string of the molecule is Cc1cccc(CNc2nnc(SCc3ccccc3F)s2)c1. The first-order chi connectivity index (χ1) is 11.2. The quantitative estimate of drug-likeness (QED) is 0.646. The molecule has 0 radical (unpaired) electrons. The first-order valence-electron chi connectivity index (χ1n) is 7.20. The van der Waals surface area contributed by atoms with Crippen LogP contribution in [-0.4, -0.2) is 10.2 Å². The minimum atomic E-state index is -0.178. The van der Waals surface area contributed by atoms with Crippen molar-refractivity contribution in [2.45, 2.75) is 23.6 Å². The average Bonchev–Trinajstić information content (AvgIpc) is 3.00. The number of aromatic nitrogens is 2. The van der Waals surface area contributed by atoms with Crippen molar-refractivity contribution in [2.24, 2.45) is 0 Å². The Morgan fingerprint density at radius 2 is 2.00 bits per heavy atom. The van der Waals surface area contributed by atoms with Gasteiger partial charge in [-0.2, -0.15) is 0 Å². The fourth-order valence-electron chi connectivity index (χ4n) is 2.09. The van der Waals surface area contributed by atoms with Gasteiger partial charge in [-0.3, -0.25) is 0 Å². The van der Waals surface area contributed by atoms with E-state index in [1.54, 1.807) is 12.1 Å². The maximum Gasteiger partial charge on any atom is 0.206 e. The van der Waals surface area contributed by atoms with Crippen molar-refractivity contribution in [2.75, 3.05) is 5.32 Å². The number of thioether (sulfide) groups is 1. The molecule has 1 N–H and O–H groups in total. The van der Waals surface area contributed by atoms with Crippen LogP contribution < -0.4 is 5.32 Å². The average molecular weight is 345 g/mol. The number of hydrogen-bond donors (Lipinski definition) is 1. The highest BCUT2D eigenvalue weighted by Crippen LogP contribution is 2.29. The van der Waals surface area contributed by atoms with Gasteiger partial charge in [0.05, 0.1) is 0 Å². The highest BCUT2D eigenvalue weighted by Gasteiger charge is 2.07. The highest BCUT2D eigenvalue weighted by molar-refractivity contribution is 8.00. The van der Waals surface area contributed by atoms with Crippen LogP contribution >= 0.6 is 23.1 Å². The molecule has 1 heterocycles. The Hall–Kier alpha value is -1.92. The molecule has 0 saturated carbocycles. The number of hydrogen-bond acceptors (Lipinski definition) is 5. The lowest BCUT2D eigenvalue weighted by Gasteiger charge is -2.03. The predicted octanol–water partition coefficient (Wildman–Crippen LogP) is 4.89. The number of halogens is 1. The number of aryl methyl sites for hydroxylation is 1. The van der Waals surface area contributed by atoms with Gasteiger partial charge in [0.15, 0.2) is 4.34 Å². The van der Waals surface area contributed by atoms with Gasteiger partial charge in [-0.05, 0) is 24.1 Å². The number of rotatable bonds is 6. The summed E-state index contributed by atoms with van der Waals surface area (Å²) in [6, 6.07) is 15.1. The third-order valence-electron chi connectivity index (χ3n) is 3.24. The summed E-state index contributed by atoms with van der Waals surface area (Å²) in [5, 5.41) is 12.3. The van der Waals surface area contributed by atoms with Crippen LogP contribution in [-0.2, 0) is 12.3 Å². The summed E-state index contributed by atoms with van der Waals surface area (Å²) in [6.45, 7) is 2.79. The molecule has 3 aromatic rings. The van der Waals surface area contributed by atoms with Crippen molar-refractivity contribution in [1.29, 1.82) is 0 Å². The molecule has 0 unspecified atom stereocenters. The Balaban J connectivity index is 1.55. The van der Waals surface area contributed by atoms with Crippen molar-refractivity contribution in [3.05, 3.63) is 71.0 Å². The van der Waals surface area contributed by atoms with Gasteiger partial charge < -0.3 is 5.32 Å². The maximum absolute atomic E-state index is 13.6. The lowest BCUT2D eigenvalue weighted by molar-refractivity contribution is 0.617. The van der Waals surface area contributed by atoms with Gasteiger partial charge in [0.1, 0.15) is 5.82 Å². The molecule has 0 spiro atoms. The van der Waals surface area contributed by atoms with E-state index in [-0.39, 0.29) is 5.82 Å². The molecule has 0 aliphatic heterocycles. The monoisotopic (exact) mass is 345 g/mol. The lowest BCUT2D eigenvalue weighted by atomic mass is 10.1. The van der Waals surface area contributed by atoms with Gasteiger partial charge >= 0.3 is 0 Å². The van der Waals surface area contributed by atoms with Gasteiger partial charge in [0.2, 0.25) is 5.13 Å². The zero-order valence-electron chi connectivity index (χ0n) is 12.6. The molecule has 118 valence electrons. The van der Waals surface area contributed by atoms with Crippen LogP contribution in [0.5, 0.6) is 0 Å². The van der Waals surface area contributed by atoms with E-state index in [9.17, 15) is 4.39 Å². The van der Waals surface area contributed by atoms with Gasteiger partial charge in [-0.25, -0.2) is 4.39 Å². The molecular formula is C17H16FN3S2. The van der Waals surface area contributed by atoms with Crippen molar-refractivity contribution in [3.63, 3.8) is 0 Å². The van der Waals surface area contributed by atoms with Crippen molar-refractivity contribution in [3.8, 4) is 0 Å². The van der Waals surface area contributed by atoms with Crippen LogP contribution in [0, 0.1) is 12.7 Å². The number of benzene rings is 2. The van der Waals surface area contributed by atoms with Crippen LogP contribution in [0.1, 0.15) is 16.7 Å². The Morgan fingerprint density at radius 1 is 1.13 bits per heavy atom. The van der Waals surface area contributed by atoms with E-state index in [0.29, 0.717) is 17.9 Å². The van der Waals surface area contributed by atoms with Crippen molar-refractivity contribution < 1.29 is 4.39 Å². The van der Waals surface area contributed by atoms with Crippen LogP contribution in [0.4, 0.5) is 9.52 Å². The summed E-state index contributed by atoms with van der Waals surface area (Å²) in [6.07, 6.45) is 0. The van der Waals surface area contributed by atoms with E-state index in [0.717, 1.165) is 9.47 Å². The second kappa shape index (κ2) is 7.57. The fourth-order valence-corrected chi connectivity index (χ4v) is 3.83. The lowest BCUT2D eigenvalue weighted by Crippen LogP contribution is -1.98. The maximum atomic E-state index is 13.6. The van der Waals surface area contributed by atoms with Crippen molar-refractivity contribution >= 4 is 28.2 Å². The standard InChI is InChI=1S/C17H16FN3S2/c1-12-5-4-6-13(9-12)10-19-16-20-21-17(23-16)22-11-14-7-2-3-8-15(14)18/h2-9H,10-11H2,1H3,(H,19,20). The molecule has 3 nitrogen and oxygen atoms in total. The first-order valence-corrected chi connectivity index (χ1v) is 9.00. The molecule has 0 bridgehead atoms. The third kappa shape index (κ3) is 4.53. The van der Waals surface area contributed by atoms with Gasteiger partial charge in [-0.15, -0.1) is 10.2 Å². The van der Waals surface area contributed by atoms with Crippen LogP contribution in [0.25, 0.3) is 0 Å². The Labute approximate surface area is 143 Å². The number of nitrogens with one attached hydrogen (secondary N) is 1. The summed E-state index contributed by atoms with van der Waals surface area (Å²) in [7, 11) is 0. The van der Waals surface area contributed by atoms with E-state index in [1.165, 1.54) is 40.3 Å². The molecule has 6 heteroatoms. The van der Waals surface area contributed by atoms with Gasteiger partial charge in [0.25, 0.3) is 0 Å².